The number of nitrogens with zero attached hydrogens (tertiary/aromatic N) is 2. The van der Waals surface area contributed by atoms with E-state index in [1.54, 1.807) is 0 Å². The van der Waals surface area contributed by atoms with E-state index in [0.717, 1.165) is 0 Å². The predicted molar refractivity (Wildman–Crippen MR) is 82.4 cm³/mol. The summed E-state index contributed by atoms with van der Waals surface area (Å²) >= 11 is 0. The van der Waals surface area contributed by atoms with Crippen molar-refractivity contribution in [3.8, 4) is 0 Å². The molecule has 7 heteroatoms. The zero-order valence-electron chi connectivity index (χ0n) is 14.3. The molecule has 0 rings (SSSR count). The van der Waals surface area contributed by atoms with E-state index in [2.05, 4.69) is 0 Å². The molecule has 0 aliphatic rings. The largest absolute Gasteiger partial charge is 0.281 e. The lowest BCUT2D eigenvalue weighted by Gasteiger charge is -2.20. The molecular weight excluding hydrogens is 271 g/mol. The smallest absolute Gasteiger partial charge is 0.226 e. The van der Waals surface area contributed by atoms with Crippen molar-refractivity contribution in [3.05, 3.63) is 0 Å². The van der Waals surface area contributed by atoms with Gasteiger partial charge in [0, 0.05) is 48.2 Å². The molecule has 0 bridgehead atoms. The highest BCUT2D eigenvalue weighted by Gasteiger charge is 2.16. The second-order valence-electron chi connectivity index (χ2n) is 5.00. The van der Waals surface area contributed by atoms with Crippen LogP contribution in [0.2, 0.25) is 0 Å². The number of carbonyl (C=O) groups is 4. The van der Waals surface area contributed by atoms with Crippen LogP contribution in [0.25, 0.3) is 0 Å². The standard InChI is InChI=1S/2C7H13NO2.B/c2*1-5(2)8(6(3)9)7(4)10;/h2*5H,1-4H3;. The van der Waals surface area contributed by atoms with Crippen LogP contribution < -0.4 is 0 Å². The van der Waals surface area contributed by atoms with Gasteiger partial charge in [-0.2, -0.15) is 0 Å². The van der Waals surface area contributed by atoms with Crippen LogP contribution in [0.4, 0.5) is 0 Å². The van der Waals surface area contributed by atoms with Gasteiger partial charge in [-0.05, 0) is 27.7 Å². The van der Waals surface area contributed by atoms with Gasteiger partial charge in [-0.25, -0.2) is 0 Å². The van der Waals surface area contributed by atoms with Gasteiger partial charge in [0.05, 0.1) is 0 Å². The Bertz CT molecular complexity index is 317. The van der Waals surface area contributed by atoms with E-state index in [1.807, 2.05) is 27.7 Å². The molecule has 21 heavy (non-hydrogen) atoms. The number of rotatable bonds is 2. The SMILES string of the molecule is CC(=O)N(C(C)=O)C(C)C.CC(=O)N(C(C)=O)C(C)C.[B]. The lowest BCUT2D eigenvalue weighted by molar-refractivity contribution is -0.145. The summed E-state index contributed by atoms with van der Waals surface area (Å²) in [5.74, 6) is -0.769. The first-order chi connectivity index (χ1) is 8.93. The van der Waals surface area contributed by atoms with Gasteiger partial charge in [-0.1, -0.05) is 0 Å². The molecular formula is C14H26BN2O4. The molecule has 0 aliphatic heterocycles. The Hall–Kier alpha value is -1.66. The minimum Gasteiger partial charge on any atom is -0.281 e. The molecule has 0 saturated heterocycles. The zero-order valence-corrected chi connectivity index (χ0v) is 14.3. The molecule has 0 atom stereocenters. The highest BCUT2D eigenvalue weighted by molar-refractivity contribution is 5.93. The highest BCUT2D eigenvalue weighted by atomic mass is 16.2. The third-order valence-electron chi connectivity index (χ3n) is 2.39. The summed E-state index contributed by atoms with van der Waals surface area (Å²) in [5, 5.41) is 0. The lowest BCUT2D eigenvalue weighted by atomic mass is 10.3. The molecule has 0 fully saturated rings. The maximum Gasteiger partial charge on any atom is 0.226 e. The van der Waals surface area contributed by atoms with Gasteiger partial charge in [0.2, 0.25) is 23.6 Å². The maximum atomic E-state index is 10.7. The average molecular weight is 297 g/mol. The van der Waals surface area contributed by atoms with E-state index in [0.29, 0.717) is 0 Å². The van der Waals surface area contributed by atoms with Gasteiger partial charge in [-0.15, -0.1) is 0 Å². The summed E-state index contributed by atoms with van der Waals surface area (Å²) in [6.45, 7) is 12.8. The van der Waals surface area contributed by atoms with Crippen molar-refractivity contribution in [3.63, 3.8) is 0 Å². The van der Waals surface area contributed by atoms with Crippen LogP contribution in [0.15, 0.2) is 0 Å². The molecule has 119 valence electrons. The summed E-state index contributed by atoms with van der Waals surface area (Å²) in [6, 6.07) is -0.0648. The summed E-state index contributed by atoms with van der Waals surface area (Å²) < 4.78 is 0. The van der Waals surface area contributed by atoms with Gasteiger partial charge in [0.25, 0.3) is 0 Å². The Morgan fingerprint density at radius 2 is 0.714 bits per heavy atom. The molecule has 0 heterocycles. The number of hydrogen-bond acceptors (Lipinski definition) is 4. The van der Waals surface area contributed by atoms with E-state index in [1.165, 1.54) is 37.5 Å². The first-order valence-electron chi connectivity index (χ1n) is 6.54. The van der Waals surface area contributed by atoms with Crippen molar-refractivity contribution in [1.82, 2.24) is 9.80 Å². The van der Waals surface area contributed by atoms with Crippen LogP contribution in [0, 0.1) is 0 Å². The molecule has 0 aromatic heterocycles. The fraction of sp³-hybridized carbons (Fsp3) is 0.714. The molecule has 0 unspecified atom stereocenters. The molecule has 4 amide bonds. The van der Waals surface area contributed by atoms with Gasteiger partial charge in [0.15, 0.2) is 0 Å². The average Bonchev–Trinajstić information content (AvgIpc) is 2.12. The Morgan fingerprint density at radius 3 is 0.714 bits per heavy atom. The topological polar surface area (TPSA) is 74.8 Å². The van der Waals surface area contributed by atoms with E-state index >= 15 is 0 Å². The molecule has 0 N–H and O–H groups in total. The lowest BCUT2D eigenvalue weighted by Crippen LogP contribution is -2.38. The van der Waals surface area contributed by atoms with Crippen LogP contribution in [0.3, 0.4) is 0 Å². The molecule has 6 nitrogen and oxygen atoms in total. The fourth-order valence-corrected chi connectivity index (χ4v) is 1.90. The number of amides is 4. The summed E-state index contributed by atoms with van der Waals surface area (Å²) in [4.78, 5) is 45.4. The van der Waals surface area contributed by atoms with E-state index < -0.39 is 0 Å². The van der Waals surface area contributed by atoms with Crippen LogP contribution in [0.1, 0.15) is 55.4 Å². The number of carbonyl (C=O) groups excluding carboxylic acids is 4. The van der Waals surface area contributed by atoms with Gasteiger partial charge >= 0.3 is 0 Å². The second-order valence-corrected chi connectivity index (χ2v) is 5.00. The summed E-state index contributed by atoms with van der Waals surface area (Å²) in [7, 11) is 0. The minimum absolute atomic E-state index is 0. The first kappa shape index (κ1) is 24.4. The van der Waals surface area contributed by atoms with Crippen LogP contribution in [0.5, 0.6) is 0 Å². The third-order valence-corrected chi connectivity index (χ3v) is 2.39. The van der Waals surface area contributed by atoms with Crippen molar-refractivity contribution in [2.45, 2.75) is 67.5 Å². The van der Waals surface area contributed by atoms with Crippen LogP contribution in [-0.2, 0) is 19.2 Å². The molecule has 0 saturated carbocycles. The predicted octanol–water partition coefficient (Wildman–Crippen LogP) is 1.20. The fourth-order valence-electron chi connectivity index (χ4n) is 1.90. The third kappa shape index (κ3) is 9.82. The molecule has 0 aliphatic carbocycles. The van der Waals surface area contributed by atoms with Crippen molar-refractivity contribution < 1.29 is 19.2 Å². The van der Waals surface area contributed by atoms with Crippen LogP contribution >= 0.6 is 0 Å². The maximum absolute atomic E-state index is 10.7. The zero-order chi connectivity index (χ0) is 16.6. The Labute approximate surface area is 129 Å². The quantitative estimate of drug-likeness (QED) is 0.718. The Balaban J connectivity index is -0.000000295. The Morgan fingerprint density at radius 1 is 0.571 bits per heavy atom. The molecule has 3 radical (unpaired) electrons. The summed E-state index contributed by atoms with van der Waals surface area (Å²) in [5.41, 5.74) is 0. The monoisotopic (exact) mass is 297 g/mol. The molecule has 0 aromatic carbocycles. The summed E-state index contributed by atoms with van der Waals surface area (Å²) in [6.07, 6.45) is 0. The van der Waals surface area contributed by atoms with Crippen molar-refractivity contribution in [1.29, 1.82) is 0 Å². The molecule has 0 spiro atoms. The Kier molecular flexibility index (Phi) is 12.8. The highest BCUT2D eigenvalue weighted by Crippen LogP contribution is 1.98. The van der Waals surface area contributed by atoms with Crippen molar-refractivity contribution in [2.24, 2.45) is 0 Å². The van der Waals surface area contributed by atoms with E-state index in [4.69, 9.17) is 0 Å². The van der Waals surface area contributed by atoms with E-state index in [9.17, 15) is 19.2 Å². The first-order valence-corrected chi connectivity index (χ1v) is 6.54. The van der Waals surface area contributed by atoms with Crippen molar-refractivity contribution in [2.75, 3.05) is 0 Å². The molecule has 0 aromatic rings. The normalized spacial score (nSPS) is 9.24. The second kappa shape index (κ2) is 11.1. The van der Waals surface area contributed by atoms with Crippen LogP contribution in [-0.4, -0.2) is 53.9 Å². The van der Waals surface area contributed by atoms with E-state index in [-0.39, 0.29) is 44.1 Å². The van der Waals surface area contributed by atoms with Gasteiger partial charge < -0.3 is 0 Å². The van der Waals surface area contributed by atoms with Gasteiger partial charge in [-0.3, -0.25) is 29.0 Å². The van der Waals surface area contributed by atoms with Gasteiger partial charge in [0.1, 0.15) is 0 Å². The number of imide groups is 2. The van der Waals surface area contributed by atoms with Crippen molar-refractivity contribution >= 4 is 32.0 Å². The number of hydrogen-bond donors (Lipinski definition) is 0. The minimum atomic E-state index is -0.192.